The van der Waals surface area contributed by atoms with Crippen molar-refractivity contribution < 1.29 is 18.0 Å². The summed E-state index contributed by atoms with van der Waals surface area (Å²) in [7, 11) is 0. The first-order valence-corrected chi connectivity index (χ1v) is 10.6. The van der Waals surface area contributed by atoms with E-state index in [2.05, 4.69) is 36.4 Å². The van der Waals surface area contributed by atoms with Gasteiger partial charge in [0, 0.05) is 29.4 Å². The van der Waals surface area contributed by atoms with Crippen LogP contribution in [0, 0.1) is 0 Å². The normalized spacial score (nSPS) is 11.8. The van der Waals surface area contributed by atoms with E-state index in [1.165, 1.54) is 6.07 Å². The van der Waals surface area contributed by atoms with Crippen LogP contribution in [0.4, 0.5) is 13.2 Å². The number of aryl methyl sites for hydroxylation is 1. The summed E-state index contributed by atoms with van der Waals surface area (Å²) in [5.74, 6) is -0.644. The van der Waals surface area contributed by atoms with Gasteiger partial charge in [-0.25, -0.2) is 9.50 Å². The molecule has 3 aromatic heterocycles. The molecule has 0 bridgehead atoms. The van der Waals surface area contributed by atoms with E-state index < -0.39 is 17.8 Å². The summed E-state index contributed by atoms with van der Waals surface area (Å²) < 4.78 is 44.2. The molecular weight excluding hydrogens is 513 g/mol. The van der Waals surface area contributed by atoms with Crippen molar-refractivity contribution in [3.8, 4) is 11.3 Å². The van der Waals surface area contributed by atoms with Crippen LogP contribution < -0.4 is 5.32 Å². The summed E-state index contributed by atoms with van der Waals surface area (Å²) >= 11 is 9.22. The number of halogens is 5. The van der Waals surface area contributed by atoms with Crippen LogP contribution in [0.3, 0.4) is 0 Å². The van der Waals surface area contributed by atoms with Crippen molar-refractivity contribution in [3.05, 3.63) is 69.2 Å². The van der Waals surface area contributed by atoms with Crippen LogP contribution in [0.2, 0.25) is 5.02 Å². The van der Waals surface area contributed by atoms with Crippen LogP contribution in [0.5, 0.6) is 0 Å². The van der Waals surface area contributed by atoms with Crippen molar-refractivity contribution in [3.63, 3.8) is 0 Å². The Morgan fingerprint density at radius 3 is 2.53 bits per heavy atom. The number of nitrogens with one attached hydrogen (secondary N) is 1. The second kappa shape index (κ2) is 8.55. The molecule has 1 N–H and O–H groups in total. The smallest absolute Gasteiger partial charge is 0.345 e. The zero-order chi connectivity index (χ0) is 23.0. The largest absolute Gasteiger partial charge is 0.433 e. The van der Waals surface area contributed by atoms with E-state index in [9.17, 15) is 18.0 Å². The van der Waals surface area contributed by atoms with Crippen LogP contribution in [-0.2, 0) is 19.3 Å². The van der Waals surface area contributed by atoms with Crippen LogP contribution in [-0.4, -0.2) is 30.3 Å². The molecule has 1 aromatic carbocycles. The second-order valence-corrected chi connectivity index (χ2v) is 8.08. The van der Waals surface area contributed by atoms with Crippen LogP contribution in [0.25, 0.3) is 16.9 Å². The van der Waals surface area contributed by atoms with E-state index in [1.807, 2.05) is 6.92 Å². The maximum absolute atomic E-state index is 13.7. The molecule has 0 saturated heterocycles. The van der Waals surface area contributed by atoms with Crippen molar-refractivity contribution in [1.29, 1.82) is 0 Å². The Morgan fingerprint density at radius 2 is 1.91 bits per heavy atom. The lowest BCUT2D eigenvalue weighted by atomic mass is 10.1. The van der Waals surface area contributed by atoms with Crippen molar-refractivity contribution in [2.45, 2.75) is 26.2 Å². The van der Waals surface area contributed by atoms with Crippen molar-refractivity contribution >= 4 is 39.1 Å². The van der Waals surface area contributed by atoms with Gasteiger partial charge in [0.25, 0.3) is 5.91 Å². The van der Waals surface area contributed by atoms with Crippen molar-refractivity contribution in [1.82, 2.24) is 29.7 Å². The maximum atomic E-state index is 13.7. The van der Waals surface area contributed by atoms with E-state index in [4.69, 9.17) is 11.6 Å². The summed E-state index contributed by atoms with van der Waals surface area (Å²) in [6.45, 7) is 2.65. The fourth-order valence-corrected chi connectivity index (χ4v) is 3.61. The second-order valence-electron chi connectivity index (χ2n) is 6.79. The highest BCUT2D eigenvalue weighted by molar-refractivity contribution is 9.10. The molecule has 4 aromatic rings. The summed E-state index contributed by atoms with van der Waals surface area (Å²) in [4.78, 5) is 16.8. The molecule has 166 valence electrons. The Kier molecular flexibility index (Phi) is 5.95. The van der Waals surface area contributed by atoms with Gasteiger partial charge < -0.3 is 5.32 Å². The third-order valence-electron chi connectivity index (χ3n) is 4.62. The van der Waals surface area contributed by atoms with Gasteiger partial charge in [0.1, 0.15) is 0 Å². The van der Waals surface area contributed by atoms with E-state index in [-0.39, 0.29) is 23.6 Å². The Morgan fingerprint density at radius 1 is 1.19 bits per heavy atom. The number of rotatable bonds is 5. The van der Waals surface area contributed by atoms with Gasteiger partial charge in [-0.15, -0.1) is 0 Å². The van der Waals surface area contributed by atoms with Crippen molar-refractivity contribution in [2.24, 2.45) is 0 Å². The lowest BCUT2D eigenvalue weighted by Crippen LogP contribution is -2.24. The molecule has 7 nitrogen and oxygen atoms in total. The molecule has 0 radical (unpaired) electrons. The van der Waals surface area contributed by atoms with Crippen LogP contribution >= 0.6 is 27.5 Å². The maximum Gasteiger partial charge on any atom is 0.433 e. The number of hydrogen-bond donors (Lipinski definition) is 1. The molecule has 0 atom stereocenters. The monoisotopic (exact) mass is 526 g/mol. The molecule has 0 aliphatic heterocycles. The molecule has 32 heavy (non-hydrogen) atoms. The van der Waals surface area contributed by atoms with Crippen LogP contribution in [0.1, 0.15) is 28.8 Å². The number of benzene rings is 1. The minimum atomic E-state index is -4.71. The molecule has 0 aliphatic rings. The van der Waals surface area contributed by atoms with Crippen LogP contribution in [0.15, 0.2) is 47.1 Å². The fraction of sp³-hybridized carbons (Fsp3) is 0.200. The molecule has 0 aliphatic carbocycles. The average molecular weight is 528 g/mol. The zero-order valence-electron chi connectivity index (χ0n) is 16.5. The van der Waals surface area contributed by atoms with E-state index in [0.29, 0.717) is 31.8 Å². The summed E-state index contributed by atoms with van der Waals surface area (Å²) in [6.07, 6.45) is -2.94. The van der Waals surface area contributed by atoms with Gasteiger partial charge in [-0.1, -0.05) is 23.7 Å². The molecule has 12 heteroatoms. The average Bonchev–Trinajstić information content (AvgIpc) is 3.34. The molecule has 0 unspecified atom stereocenters. The summed E-state index contributed by atoms with van der Waals surface area (Å²) in [5.41, 5.74) is -0.221. The first-order valence-electron chi connectivity index (χ1n) is 9.39. The predicted molar refractivity (Wildman–Crippen MR) is 115 cm³/mol. The first kappa shape index (κ1) is 22.3. The molecule has 0 spiro atoms. The van der Waals surface area contributed by atoms with E-state index in [1.54, 1.807) is 35.1 Å². The van der Waals surface area contributed by atoms with E-state index >= 15 is 0 Å². The standard InChI is InChI=1S/C20H15BrClF3N6O/c1-2-30-10-13(21)16(28-30)9-26-19(32)15-8-18-27-14(11-3-5-12(22)6-4-11)7-17(20(23,24)25)31(18)29-15/h3-8,10H,2,9H2,1H3,(H,26,32). The number of carbonyl (C=O) groups is 1. The number of amides is 1. The van der Waals surface area contributed by atoms with Gasteiger partial charge in [0.2, 0.25) is 0 Å². The summed E-state index contributed by atoms with van der Waals surface area (Å²) in [6, 6.07) is 8.35. The van der Waals surface area contributed by atoms with Gasteiger partial charge in [0.15, 0.2) is 17.0 Å². The van der Waals surface area contributed by atoms with Gasteiger partial charge in [0.05, 0.1) is 22.4 Å². The fourth-order valence-electron chi connectivity index (χ4n) is 3.03. The SMILES string of the molecule is CCn1cc(Br)c(CNC(=O)c2cc3nc(-c4ccc(Cl)cc4)cc(C(F)(F)F)n3n2)n1. The van der Waals surface area contributed by atoms with Gasteiger partial charge in [-0.2, -0.15) is 23.4 Å². The number of hydrogen-bond acceptors (Lipinski definition) is 4. The molecular formula is C20H15BrClF3N6O. The minimum Gasteiger partial charge on any atom is -0.345 e. The third kappa shape index (κ3) is 4.49. The van der Waals surface area contributed by atoms with E-state index in [0.717, 1.165) is 6.07 Å². The predicted octanol–water partition coefficient (Wildman–Crippen LogP) is 4.98. The number of carbonyl (C=O) groups excluding carboxylic acids is 1. The Hall–Kier alpha value is -2.92. The number of nitrogens with zero attached hydrogens (tertiary/aromatic N) is 5. The van der Waals surface area contributed by atoms with Crippen molar-refractivity contribution in [2.75, 3.05) is 0 Å². The molecule has 3 heterocycles. The highest BCUT2D eigenvalue weighted by Crippen LogP contribution is 2.32. The van der Waals surface area contributed by atoms with Gasteiger partial charge in [-0.3, -0.25) is 9.48 Å². The Balaban J connectivity index is 1.68. The number of fused-ring (bicyclic) bond motifs is 1. The third-order valence-corrected chi connectivity index (χ3v) is 5.53. The lowest BCUT2D eigenvalue weighted by molar-refractivity contribution is -0.142. The Labute approximate surface area is 193 Å². The van der Waals surface area contributed by atoms with Gasteiger partial charge in [-0.05, 0) is 41.1 Å². The topological polar surface area (TPSA) is 77.1 Å². The molecule has 0 saturated carbocycles. The number of alkyl halides is 3. The highest BCUT2D eigenvalue weighted by atomic mass is 79.9. The lowest BCUT2D eigenvalue weighted by Gasteiger charge is -2.11. The van der Waals surface area contributed by atoms with Gasteiger partial charge >= 0.3 is 6.18 Å². The zero-order valence-corrected chi connectivity index (χ0v) is 18.8. The minimum absolute atomic E-state index is 0.0792. The quantitative estimate of drug-likeness (QED) is 0.397. The number of aromatic nitrogens is 5. The molecule has 1 amide bonds. The summed E-state index contributed by atoms with van der Waals surface area (Å²) in [5, 5.41) is 11.2. The Bertz CT molecular complexity index is 1300. The highest BCUT2D eigenvalue weighted by Gasteiger charge is 2.35. The first-order chi connectivity index (χ1) is 15.2. The molecule has 0 fully saturated rings. The molecule has 4 rings (SSSR count).